The van der Waals surface area contributed by atoms with Gasteiger partial charge in [-0.25, -0.2) is 0 Å². The highest BCUT2D eigenvalue weighted by Gasteiger charge is 2.29. The van der Waals surface area contributed by atoms with Gasteiger partial charge in [0.15, 0.2) is 0 Å². The van der Waals surface area contributed by atoms with Gasteiger partial charge in [0, 0.05) is 24.7 Å². The molecule has 1 atom stereocenters. The van der Waals surface area contributed by atoms with E-state index in [1.165, 1.54) is 12.1 Å². The number of amides is 1. The summed E-state index contributed by atoms with van der Waals surface area (Å²) >= 11 is 6.34. The van der Waals surface area contributed by atoms with Crippen molar-refractivity contribution < 1.29 is 18.3 Å². The predicted octanol–water partition coefficient (Wildman–Crippen LogP) is 4.74. The molecule has 7 heteroatoms. The van der Waals surface area contributed by atoms with Crippen LogP contribution in [0.25, 0.3) is 0 Å². The number of likely N-dealkylation sites (tertiary alicyclic amines) is 1. The lowest BCUT2D eigenvalue weighted by Crippen LogP contribution is -2.37. The maximum Gasteiger partial charge on any atom is 0.387 e. The van der Waals surface area contributed by atoms with Gasteiger partial charge in [-0.2, -0.15) is 8.78 Å². The van der Waals surface area contributed by atoms with Crippen molar-refractivity contribution in [2.75, 3.05) is 20.1 Å². The molecular formula is C21H23ClF2N2O2. The Kier molecular flexibility index (Phi) is 6.86. The monoisotopic (exact) mass is 408 g/mol. The molecule has 1 saturated heterocycles. The van der Waals surface area contributed by atoms with Crippen LogP contribution in [0.5, 0.6) is 5.75 Å². The molecule has 1 aliphatic rings. The van der Waals surface area contributed by atoms with Crippen molar-refractivity contribution in [3.05, 3.63) is 64.7 Å². The smallest absolute Gasteiger partial charge is 0.387 e. The molecule has 1 heterocycles. The van der Waals surface area contributed by atoms with Crippen LogP contribution in [-0.2, 0) is 11.3 Å². The standard InChI is InChI=1S/C21H23ClF2N2O2/c1-25(13-15-8-10-16(11-9-15)28-21(23)24)20(27)14-26-12-4-7-19(26)17-5-2-3-6-18(17)22/h2-3,5-6,8-11,19,21H,4,7,12-14H2,1H3. The molecule has 0 spiro atoms. The van der Waals surface area contributed by atoms with Gasteiger partial charge in [0.2, 0.25) is 5.91 Å². The minimum absolute atomic E-state index is 0.00635. The van der Waals surface area contributed by atoms with E-state index in [4.69, 9.17) is 11.6 Å². The lowest BCUT2D eigenvalue weighted by molar-refractivity contribution is -0.131. The minimum atomic E-state index is -2.85. The zero-order valence-electron chi connectivity index (χ0n) is 15.7. The quantitative estimate of drug-likeness (QED) is 0.663. The van der Waals surface area contributed by atoms with Crippen LogP contribution in [0.2, 0.25) is 5.02 Å². The molecule has 0 saturated carbocycles. The van der Waals surface area contributed by atoms with Crippen molar-refractivity contribution in [3.8, 4) is 5.75 Å². The number of rotatable bonds is 7. The molecule has 150 valence electrons. The van der Waals surface area contributed by atoms with Gasteiger partial charge in [-0.3, -0.25) is 9.69 Å². The molecule has 2 aromatic carbocycles. The number of halogens is 3. The number of carbonyl (C=O) groups excluding carboxylic acids is 1. The molecule has 3 rings (SSSR count). The van der Waals surface area contributed by atoms with Crippen LogP contribution in [0, 0.1) is 0 Å². The Hall–Kier alpha value is -2.18. The second-order valence-electron chi connectivity index (χ2n) is 6.92. The van der Waals surface area contributed by atoms with E-state index < -0.39 is 6.61 Å². The molecule has 1 amide bonds. The summed E-state index contributed by atoms with van der Waals surface area (Å²) in [6, 6.07) is 14.2. The van der Waals surface area contributed by atoms with Crippen molar-refractivity contribution in [2.45, 2.75) is 32.0 Å². The van der Waals surface area contributed by atoms with Crippen molar-refractivity contribution in [3.63, 3.8) is 0 Å². The summed E-state index contributed by atoms with van der Waals surface area (Å²) in [5.74, 6) is 0.110. The van der Waals surface area contributed by atoms with Gasteiger partial charge in [-0.05, 0) is 48.7 Å². The zero-order chi connectivity index (χ0) is 20.1. The van der Waals surface area contributed by atoms with E-state index in [0.717, 1.165) is 35.5 Å². The van der Waals surface area contributed by atoms with Crippen molar-refractivity contribution in [1.82, 2.24) is 9.80 Å². The topological polar surface area (TPSA) is 32.8 Å². The van der Waals surface area contributed by atoms with E-state index in [-0.39, 0.29) is 17.7 Å². The summed E-state index contributed by atoms with van der Waals surface area (Å²) in [6.07, 6.45) is 2.00. The first kappa shape index (κ1) is 20.6. The first-order valence-corrected chi connectivity index (χ1v) is 9.58. The Bertz CT molecular complexity index is 801. The van der Waals surface area contributed by atoms with E-state index in [9.17, 15) is 13.6 Å². The van der Waals surface area contributed by atoms with Crippen LogP contribution >= 0.6 is 11.6 Å². The number of ether oxygens (including phenoxy) is 1. The molecule has 2 aromatic rings. The first-order valence-electron chi connectivity index (χ1n) is 9.20. The van der Waals surface area contributed by atoms with E-state index >= 15 is 0 Å². The third-order valence-corrected chi connectivity index (χ3v) is 5.30. The molecule has 0 aliphatic carbocycles. The number of likely N-dealkylation sites (N-methyl/N-ethyl adjacent to an activating group) is 1. The molecular weight excluding hydrogens is 386 g/mol. The van der Waals surface area contributed by atoms with Crippen LogP contribution in [0.1, 0.15) is 30.0 Å². The van der Waals surface area contributed by atoms with Crippen LogP contribution in [0.3, 0.4) is 0 Å². The number of carbonyl (C=O) groups is 1. The highest BCUT2D eigenvalue weighted by atomic mass is 35.5. The summed E-state index contributed by atoms with van der Waals surface area (Å²) < 4.78 is 28.8. The predicted molar refractivity (Wildman–Crippen MR) is 105 cm³/mol. The van der Waals surface area contributed by atoms with Gasteiger partial charge in [0.1, 0.15) is 5.75 Å². The Labute approximate surface area is 168 Å². The third kappa shape index (κ3) is 5.20. The summed E-state index contributed by atoms with van der Waals surface area (Å²) in [7, 11) is 1.74. The van der Waals surface area contributed by atoms with E-state index in [2.05, 4.69) is 9.64 Å². The lowest BCUT2D eigenvalue weighted by Gasteiger charge is -2.27. The molecule has 4 nitrogen and oxygen atoms in total. The number of benzene rings is 2. The van der Waals surface area contributed by atoms with E-state index in [1.807, 2.05) is 24.3 Å². The normalized spacial score (nSPS) is 17.1. The van der Waals surface area contributed by atoms with Gasteiger partial charge in [0.05, 0.1) is 6.54 Å². The van der Waals surface area contributed by atoms with Crippen molar-refractivity contribution in [1.29, 1.82) is 0 Å². The van der Waals surface area contributed by atoms with Crippen LogP contribution in [-0.4, -0.2) is 42.5 Å². The fraction of sp³-hybridized carbons (Fsp3) is 0.381. The molecule has 1 fully saturated rings. The Morgan fingerprint density at radius 1 is 1.25 bits per heavy atom. The van der Waals surface area contributed by atoms with Gasteiger partial charge < -0.3 is 9.64 Å². The highest BCUT2D eigenvalue weighted by molar-refractivity contribution is 6.31. The van der Waals surface area contributed by atoms with Gasteiger partial charge in [-0.1, -0.05) is 41.9 Å². The Balaban J connectivity index is 1.58. The SMILES string of the molecule is CN(Cc1ccc(OC(F)F)cc1)C(=O)CN1CCCC1c1ccccc1Cl. The molecule has 0 N–H and O–H groups in total. The second-order valence-corrected chi connectivity index (χ2v) is 7.33. The summed E-state index contributed by atoms with van der Waals surface area (Å²) in [5, 5.41) is 0.728. The van der Waals surface area contributed by atoms with Gasteiger partial charge in [0.25, 0.3) is 0 Å². The Morgan fingerprint density at radius 2 is 1.96 bits per heavy atom. The van der Waals surface area contributed by atoms with Crippen molar-refractivity contribution >= 4 is 17.5 Å². The second kappa shape index (κ2) is 9.34. The third-order valence-electron chi connectivity index (χ3n) is 4.96. The molecule has 1 unspecified atom stereocenters. The average Bonchev–Trinajstić information content (AvgIpc) is 3.11. The number of alkyl halides is 2. The zero-order valence-corrected chi connectivity index (χ0v) is 16.4. The largest absolute Gasteiger partial charge is 0.435 e. The fourth-order valence-corrected chi connectivity index (χ4v) is 3.81. The molecule has 0 bridgehead atoms. The number of hydrogen-bond donors (Lipinski definition) is 0. The summed E-state index contributed by atoms with van der Waals surface area (Å²) in [5.41, 5.74) is 1.91. The van der Waals surface area contributed by atoms with Crippen LogP contribution < -0.4 is 4.74 Å². The van der Waals surface area contributed by atoms with Crippen LogP contribution in [0.15, 0.2) is 48.5 Å². The molecule has 28 heavy (non-hydrogen) atoms. The molecule has 0 aromatic heterocycles. The fourth-order valence-electron chi connectivity index (χ4n) is 3.55. The van der Waals surface area contributed by atoms with Crippen molar-refractivity contribution in [2.24, 2.45) is 0 Å². The highest BCUT2D eigenvalue weighted by Crippen LogP contribution is 2.35. The first-order chi connectivity index (χ1) is 13.4. The molecule has 1 aliphatic heterocycles. The minimum Gasteiger partial charge on any atom is -0.435 e. The van der Waals surface area contributed by atoms with Gasteiger partial charge in [-0.15, -0.1) is 0 Å². The van der Waals surface area contributed by atoms with E-state index in [1.54, 1.807) is 24.1 Å². The lowest BCUT2D eigenvalue weighted by atomic mass is 10.0. The summed E-state index contributed by atoms with van der Waals surface area (Å²) in [4.78, 5) is 16.5. The number of nitrogens with zero attached hydrogens (tertiary/aromatic N) is 2. The number of hydrogen-bond acceptors (Lipinski definition) is 3. The average molecular weight is 409 g/mol. The maximum atomic E-state index is 12.7. The molecule has 0 radical (unpaired) electrons. The van der Waals surface area contributed by atoms with Gasteiger partial charge >= 0.3 is 6.61 Å². The van der Waals surface area contributed by atoms with E-state index in [0.29, 0.717) is 13.1 Å². The Morgan fingerprint density at radius 3 is 2.64 bits per heavy atom. The maximum absolute atomic E-state index is 12.7. The summed E-state index contributed by atoms with van der Waals surface area (Å²) in [6.45, 7) is -1.27. The van der Waals surface area contributed by atoms with Crippen LogP contribution in [0.4, 0.5) is 8.78 Å².